The molecule has 0 bridgehead atoms. The first kappa shape index (κ1) is 13.2. The van der Waals surface area contributed by atoms with Gasteiger partial charge in [-0.15, -0.1) is 0 Å². The predicted octanol–water partition coefficient (Wildman–Crippen LogP) is 3.41. The largest absolute Gasteiger partial charge is 0.369 e. The third kappa shape index (κ3) is 2.70. The minimum atomic E-state index is 1.12. The van der Waals surface area contributed by atoms with Gasteiger partial charge >= 0.3 is 0 Å². The molecule has 1 aliphatic rings. The zero-order chi connectivity index (χ0) is 13.9. The minimum absolute atomic E-state index is 1.12. The highest BCUT2D eigenvalue weighted by Crippen LogP contribution is 2.27. The Morgan fingerprint density at radius 1 is 0.850 bits per heavy atom. The molecule has 2 nitrogen and oxygen atoms in total. The van der Waals surface area contributed by atoms with E-state index in [9.17, 15) is 0 Å². The highest BCUT2D eigenvalue weighted by molar-refractivity contribution is 5.71. The first-order chi connectivity index (χ1) is 9.74. The first-order valence-electron chi connectivity index (χ1n) is 7.33. The third-order valence-corrected chi connectivity index (χ3v) is 4.17. The lowest BCUT2D eigenvalue weighted by Gasteiger charge is -2.34. The highest BCUT2D eigenvalue weighted by atomic mass is 15.2. The van der Waals surface area contributed by atoms with Crippen LogP contribution in [0.25, 0.3) is 11.1 Å². The van der Waals surface area contributed by atoms with Crippen molar-refractivity contribution in [3.05, 3.63) is 54.1 Å². The molecule has 2 aromatic rings. The van der Waals surface area contributed by atoms with Gasteiger partial charge in [-0.05, 0) is 42.8 Å². The lowest BCUT2D eigenvalue weighted by molar-refractivity contribution is 0.313. The Bertz CT molecular complexity index is 583. The lowest BCUT2D eigenvalue weighted by atomic mass is 10.00. The van der Waals surface area contributed by atoms with Gasteiger partial charge in [0.15, 0.2) is 0 Å². The highest BCUT2D eigenvalue weighted by Gasteiger charge is 2.14. The van der Waals surface area contributed by atoms with E-state index in [2.05, 4.69) is 72.3 Å². The number of nitrogens with zero attached hydrogens (tertiary/aromatic N) is 2. The second-order valence-electron chi connectivity index (χ2n) is 5.66. The zero-order valence-corrected chi connectivity index (χ0v) is 12.3. The Morgan fingerprint density at radius 3 is 2.35 bits per heavy atom. The van der Waals surface area contributed by atoms with Gasteiger partial charge in [-0.25, -0.2) is 0 Å². The van der Waals surface area contributed by atoms with Gasteiger partial charge < -0.3 is 9.80 Å². The fourth-order valence-electron chi connectivity index (χ4n) is 2.83. The van der Waals surface area contributed by atoms with Crippen molar-refractivity contribution in [2.45, 2.75) is 6.92 Å². The van der Waals surface area contributed by atoms with Gasteiger partial charge in [0.2, 0.25) is 0 Å². The molecule has 0 amide bonds. The molecule has 1 fully saturated rings. The van der Waals surface area contributed by atoms with Crippen LogP contribution in [0.2, 0.25) is 0 Å². The molecule has 0 N–H and O–H groups in total. The van der Waals surface area contributed by atoms with E-state index in [1.807, 2.05) is 0 Å². The zero-order valence-electron chi connectivity index (χ0n) is 12.3. The molecule has 2 aromatic carbocycles. The smallest absolute Gasteiger partial charge is 0.0373 e. The van der Waals surface area contributed by atoms with Crippen molar-refractivity contribution in [2.24, 2.45) is 0 Å². The van der Waals surface area contributed by atoms with Crippen molar-refractivity contribution >= 4 is 5.69 Å². The third-order valence-electron chi connectivity index (χ3n) is 4.17. The summed E-state index contributed by atoms with van der Waals surface area (Å²) in [7, 11) is 2.20. The minimum Gasteiger partial charge on any atom is -0.369 e. The van der Waals surface area contributed by atoms with Crippen molar-refractivity contribution in [1.82, 2.24) is 4.90 Å². The second kappa shape index (κ2) is 5.68. The summed E-state index contributed by atoms with van der Waals surface area (Å²) < 4.78 is 0. The van der Waals surface area contributed by atoms with E-state index in [1.54, 1.807) is 0 Å². The standard InChI is InChI=1S/C18H22N2/c1-15-6-3-4-9-18(15)16-7-5-8-17(14-16)20-12-10-19(2)11-13-20/h3-9,14H,10-13H2,1-2H3. The number of anilines is 1. The van der Waals surface area contributed by atoms with Crippen molar-refractivity contribution in [3.63, 3.8) is 0 Å². The molecule has 0 unspecified atom stereocenters. The van der Waals surface area contributed by atoms with Crippen molar-refractivity contribution < 1.29 is 0 Å². The van der Waals surface area contributed by atoms with Crippen LogP contribution >= 0.6 is 0 Å². The molecule has 0 atom stereocenters. The summed E-state index contributed by atoms with van der Waals surface area (Å²) >= 11 is 0. The van der Waals surface area contributed by atoms with Gasteiger partial charge in [-0.2, -0.15) is 0 Å². The summed E-state index contributed by atoms with van der Waals surface area (Å²) in [6.45, 7) is 6.71. The summed E-state index contributed by atoms with van der Waals surface area (Å²) in [5, 5.41) is 0. The molecule has 1 saturated heterocycles. The van der Waals surface area contributed by atoms with Crippen LogP contribution in [-0.4, -0.2) is 38.1 Å². The Hall–Kier alpha value is -1.80. The van der Waals surface area contributed by atoms with E-state index >= 15 is 0 Å². The number of hydrogen-bond donors (Lipinski definition) is 0. The molecule has 2 heteroatoms. The lowest BCUT2D eigenvalue weighted by Crippen LogP contribution is -2.44. The summed E-state index contributed by atoms with van der Waals surface area (Å²) in [5.41, 5.74) is 5.34. The number of aryl methyl sites for hydroxylation is 1. The van der Waals surface area contributed by atoms with Crippen LogP contribution in [0, 0.1) is 6.92 Å². The number of rotatable bonds is 2. The molecule has 104 valence electrons. The maximum absolute atomic E-state index is 2.49. The maximum Gasteiger partial charge on any atom is 0.0373 e. The molecule has 20 heavy (non-hydrogen) atoms. The molecule has 0 aromatic heterocycles. The fourth-order valence-corrected chi connectivity index (χ4v) is 2.83. The van der Waals surface area contributed by atoms with Gasteiger partial charge in [-0.3, -0.25) is 0 Å². The van der Waals surface area contributed by atoms with Crippen molar-refractivity contribution in [2.75, 3.05) is 38.1 Å². The molecule has 1 aliphatic heterocycles. The van der Waals surface area contributed by atoms with Crippen LogP contribution in [0.5, 0.6) is 0 Å². The van der Waals surface area contributed by atoms with Crippen LogP contribution in [0.4, 0.5) is 5.69 Å². The summed E-state index contributed by atoms with van der Waals surface area (Å²) in [6, 6.07) is 17.5. The second-order valence-corrected chi connectivity index (χ2v) is 5.66. The summed E-state index contributed by atoms with van der Waals surface area (Å²) in [4.78, 5) is 4.88. The Morgan fingerprint density at radius 2 is 1.60 bits per heavy atom. The number of benzene rings is 2. The first-order valence-corrected chi connectivity index (χ1v) is 7.33. The Kier molecular flexibility index (Phi) is 3.75. The van der Waals surface area contributed by atoms with Crippen LogP contribution in [0.3, 0.4) is 0 Å². The van der Waals surface area contributed by atoms with Crippen LogP contribution in [-0.2, 0) is 0 Å². The average molecular weight is 266 g/mol. The van der Waals surface area contributed by atoms with Gasteiger partial charge in [0, 0.05) is 31.9 Å². The predicted molar refractivity (Wildman–Crippen MR) is 86.3 cm³/mol. The van der Waals surface area contributed by atoms with Gasteiger partial charge in [0.1, 0.15) is 0 Å². The summed E-state index contributed by atoms with van der Waals surface area (Å²) in [5.74, 6) is 0. The van der Waals surface area contributed by atoms with E-state index in [-0.39, 0.29) is 0 Å². The summed E-state index contributed by atoms with van der Waals surface area (Å²) in [6.07, 6.45) is 0. The SMILES string of the molecule is Cc1ccccc1-c1cccc(N2CCN(C)CC2)c1. The van der Waals surface area contributed by atoms with E-state index in [0.29, 0.717) is 0 Å². The number of likely N-dealkylation sites (N-methyl/N-ethyl adjacent to an activating group) is 1. The fraction of sp³-hybridized carbons (Fsp3) is 0.333. The Balaban J connectivity index is 1.88. The molecule has 3 rings (SSSR count). The van der Waals surface area contributed by atoms with Gasteiger partial charge in [0.25, 0.3) is 0 Å². The quantitative estimate of drug-likeness (QED) is 0.822. The van der Waals surface area contributed by atoms with Crippen LogP contribution < -0.4 is 4.90 Å². The molecule has 0 saturated carbocycles. The van der Waals surface area contributed by atoms with Crippen LogP contribution in [0.15, 0.2) is 48.5 Å². The molecule has 0 spiro atoms. The number of piperazine rings is 1. The van der Waals surface area contributed by atoms with E-state index in [0.717, 1.165) is 26.2 Å². The van der Waals surface area contributed by atoms with Crippen molar-refractivity contribution in [3.8, 4) is 11.1 Å². The maximum atomic E-state index is 2.49. The van der Waals surface area contributed by atoms with Crippen LogP contribution in [0.1, 0.15) is 5.56 Å². The normalized spacial score (nSPS) is 16.4. The van der Waals surface area contributed by atoms with E-state index in [4.69, 9.17) is 0 Å². The topological polar surface area (TPSA) is 6.48 Å². The van der Waals surface area contributed by atoms with Gasteiger partial charge in [0.05, 0.1) is 0 Å². The molecule has 1 heterocycles. The molecular formula is C18H22N2. The molecular weight excluding hydrogens is 244 g/mol. The van der Waals surface area contributed by atoms with E-state index < -0.39 is 0 Å². The number of hydrogen-bond acceptors (Lipinski definition) is 2. The van der Waals surface area contributed by atoms with E-state index in [1.165, 1.54) is 22.4 Å². The Labute approximate surface area is 121 Å². The monoisotopic (exact) mass is 266 g/mol. The van der Waals surface area contributed by atoms with Crippen molar-refractivity contribution in [1.29, 1.82) is 0 Å². The van der Waals surface area contributed by atoms with Gasteiger partial charge in [-0.1, -0.05) is 36.4 Å². The molecule has 0 aliphatic carbocycles. The molecule has 0 radical (unpaired) electrons. The average Bonchev–Trinajstić information content (AvgIpc) is 2.49.